The van der Waals surface area contributed by atoms with Crippen molar-refractivity contribution in [2.24, 2.45) is 0 Å². The third-order valence-electron chi connectivity index (χ3n) is 3.95. The van der Waals surface area contributed by atoms with E-state index in [1.54, 1.807) is 0 Å². The van der Waals surface area contributed by atoms with Gasteiger partial charge in [0, 0.05) is 11.1 Å². The number of Topliss-reactive ketones (excluding diaryl/α,β-unsaturated/α-hetero) is 1. The molecule has 0 heterocycles. The van der Waals surface area contributed by atoms with Crippen molar-refractivity contribution in [3.8, 4) is 0 Å². The number of ether oxygens (including phenoxy) is 2. The summed E-state index contributed by atoms with van der Waals surface area (Å²) in [5.74, 6) is -25.3. The summed E-state index contributed by atoms with van der Waals surface area (Å²) in [5.41, 5.74) is -0.0221. The summed E-state index contributed by atoms with van der Waals surface area (Å²) in [6.45, 7) is 5.47. The van der Waals surface area contributed by atoms with Crippen molar-refractivity contribution in [1.29, 1.82) is 0 Å². The maximum atomic E-state index is 12.4. The average Bonchev–Trinajstić information content (AvgIpc) is 3.00. The van der Waals surface area contributed by atoms with E-state index in [-0.39, 0.29) is 11.1 Å². The predicted molar refractivity (Wildman–Crippen MR) is 138 cm³/mol. The smallest absolute Gasteiger partial charge is 0.344 e. The molecule has 0 fully saturated rings. The second-order valence-electron chi connectivity index (χ2n) is 8.62. The van der Waals surface area contributed by atoms with Crippen LogP contribution in [0.4, 0.5) is 65.9 Å². The van der Waals surface area contributed by atoms with Crippen molar-refractivity contribution in [2.75, 3.05) is 6.61 Å². The van der Waals surface area contributed by atoms with Gasteiger partial charge < -0.3 is 41.6 Å². The van der Waals surface area contributed by atoms with Crippen LogP contribution in [0.1, 0.15) is 34.6 Å². The van der Waals surface area contributed by atoms with Gasteiger partial charge in [-0.05, 0) is 34.6 Å². The molecular weight excluding hydrogens is 2060 g/mol. The Morgan fingerprint density at radius 2 is 0.944 bits per heavy atom. The largest absolute Gasteiger partial charge is 0.479 e. The van der Waals surface area contributed by atoms with E-state index in [9.17, 15) is 85.0 Å². The molecule has 0 spiro atoms. The molecule has 54 heavy (non-hydrogen) atoms. The topological polar surface area (TPSA) is 127 Å². The Kier molecular flexibility index (Phi) is 38.9. The number of esters is 2. The summed E-state index contributed by atoms with van der Waals surface area (Å²) in [7, 11) is 0. The zero-order valence-electron chi connectivity index (χ0n) is 29.2. The molecule has 0 aromatic rings. The quantitative estimate of drug-likeness (QED) is 0.0796. The first-order chi connectivity index (χ1) is 21.7. The Hall–Kier alpha value is -8.53. The third kappa shape index (κ3) is 33.4. The molecule has 2 unspecified atom stereocenters. The molecule has 2 atom stereocenters. The number of carbonyl (C=O) groups is 4. The van der Waals surface area contributed by atoms with Crippen LogP contribution in [0, 0.1) is 33.4 Å². The first-order valence-electron chi connectivity index (χ1n) is 11.9. The van der Waals surface area contributed by atoms with Crippen LogP contribution < -0.4 is 0 Å². The number of carbonyl (C=O) groups excluding carboxylic acids is 3. The van der Waals surface area contributed by atoms with E-state index in [4.69, 9.17) is 10.2 Å². The van der Waals surface area contributed by atoms with Crippen molar-refractivity contribution in [2.45, 2.75) is 76.4 Å². The van der Waals surface area contributed by atoms with Gasteiger partial charge in [-0.25, -0.2) is 58.3 Å². The van der Waals surface area contributed by atoms with Gasteiger partial charge in [-0.15, -0.1) is 0 Å². The molecule has 0 aliphatic carbocycles. The SMILES string of the molecule is C=C(C)C(=O)OC(C)C(F)(F)[CH-]F.C=C(C)C(=O)OCC(F)(F)[CH-]F.CC(=O)C(F)(F)[CH-]F.CC(O)C(F)(F)[CH-]F.O=C(O)C(F)(F)[CH-]F.[Rf].[Rf].[Rf].[Rf].[Rf]. The van der Waals surface area contributed by atoms with Crippen molar-refractivity contribution in [3.05, 3.63) is 57.7 Å². The number of alkyl halides is 10. The third-order valence-corrected chi connectivity index (χ3v) is 3.95. The van der Waals surface area contributed by atoms with Gasteiger partial charge in [-0.2, -0.15) is 0 Å². The molecular formula is C26H30F15O8Rf5-5. The van der Waals surface area contributed by atoms with Gasteiger partial charge in [-0.1, -0.05) is 46.5 Å². The predicted octanol–water partition coefficient (Wildman–Crippen LogP) is 7.45. The number of ketones is 1. The number of aliphatic carboxylic acids is 1. The average molecular weight is 2090 g/mol. The molecule has 8 nitrogen and oxygen atoms in total. The number of rotatable bonds is 14. The van der Waals surface area contributed by atoms with Gasteiger partial charge in [0.1, 0.15) is 12.7 Å². The Morgan fingerprint density at radius 3 is 1.09 bits per heavy atom. The number of aliphatic hydroxyl groups excluding tert-OH is 1. The number of hydrogen-bond donors (Lipinski definition) is 2. The summed E-state index contributed by atoms with van der Waals surface area (Å²) >= 11 is 0. The Balaban J connectivity index is -0.0000000556. The van der Waals surface area contributed by atoms with Gasteiger partial charge in [0.05, 0.1) is 6.10 Å². The van der Waals surface area contributed by atoms with Crippen molar-refractivity contribution < 1.29 is 105 Å². The normalized spacial score (nSPS) is 11.5. The second kappa shape index (κ2) is 29.4. The first-order valence-corrected chi connectivity index (χ1v) is 11.9. The molecule has 0 saturated carbocycles. The van der Waals surface area contributed by atoms with Crippen molar-refractivity contribution in [1.82, 2.24) is 0 Å². The number of halogens is 15. The van der Waals surface area contributed by atoms with Crippen LogP contribution in [0.5, 0.6) is 0 Å². The standard InChI is InChI=1S/C8H10F3O2.C7H8F3O2.C4H6F3O.C4H4F3O.C3H2F3O2.5Rf/c1-5(2)7(12)13-6(3)8(10,11)4-9;1-5(2)6(11)12-4-7(9,10)3-8;2*1-3(8)4(6,7)2-5;4-1-3(5,6)2(7)8;;;;;/h4,6H,1H2,2-3H3;3H,1,4H2,2H3;2-3,8H,1H3;2H,1H3;1H,(H,7,8);;;;;/q5*-1;;;;;. The molecule has 0 radical (unpaired) electrons. The van der Waals surface area contributed by atoms with Crippen LogP contribution in [-0.4, -0.2) is 82.3 Å². The molecule has 0 aromatic heterocycles. The summed E-state index contributed by atoms with van der Waals surface area (Å²) in [5, 5.41) is 15.5. The van der Waals surface area contributed by atoms with Crippen LogP contribution >= 0.6 is 0 Å². The van der Waals surface area contributed by atoms with Crippen LogP contribution in [-0.2, 0) is 28.7 Å². The van der Waals surface area contributed by atoms with E-state index >= 15 is 0 Å². The molecule has 0 rings (SSSR count). The summed E-state index contributed by atoms with van der Waals surface area (Å²) < 4.78 is 181. The molecule has 0 aliphatic rings. The van der Waals surface area contributed by atoms with Crippen molar-refractivity contribution >= 4 is 23.7 Å². The Bertz CT molecular complexity index is 1030. The van der Waals surface area contributed by atoms with E-state index in [1.807, 2.05) is 0 Å². The fourth-order valence-corrected chi connectivity index (χ4v) is 0.960. The Morgan fingerprint density at radius 1 is 0.611 bits per heavy atom. The molecule has 0 aromatic carbocycles. The molecule has 302 valence electrons. The first kappa shape index (κ1) is 71.5. The van der Waals surface area contributed by atoms with E-state index in [0.29, 0.717) is 6.92 Å². The molecule has 0 amide bonds. The number of hydrogen-bond acceptors (Lipinski definition) is 7. The zero-order chi connectivity index (χ0) is 40.8. The zero-order valence-corrected chi connectivity index (χ0v) is 61.2. The monoisotopic (exact) mass is 2090 g/mol. The maximum Gasteiger partial charge on any atom is 0.344 e. The number of aliphatic hydroxyl groups is 1. The molecule has 28 heteroatoms. The minimum Gasteiger partial charge on any atom is -0.479 e. The van der Waals surface area contributed by atoms with Gasteiger partial charge >= 0.3 is 17.9 Å². The van der Waals surface area contributed by atoms with E-state index in [2.05, 4.69) is 22.6 Å². The van der Waals surface area contributed by atoms with Gasteiger partial charge in [-0.3, -0.25) is 4.79 Å². The number of carboxylic acids is 1. The minimum absolute atomic E-state index is 0. The summed E-state index contributed by atoms with van der Waals surface area (Å²) in [6.07, 6.45) is -3.78. The fourth-order valence-electron chi connectivity index (χ4n) is 0.960. The van der Waals surface area contributed by atoms with Crippen molar-refractivity contribution in [3.63, 3.8) is 0 Å². The van der Waals surface area contributed by atoms with E-state index < -0.39 is 105 Å². The summed E-state index contributed by atoms with van der Waals surface area (Å²) in [4.78, 5) is 40.1. The number of carboxylic acid groups (broad SMARTS) is 1. The molecule has 0 saturated heterocycles. The molecule has 0 bridgehead atoms. The fraction of sp³-hybridized carbons (Fsp3) is 0.500. The summed E-state index contributed by atoms with van der Waals surface area (Å²) in [6, 6.07) is 0. The van der Waals surface area contributed by atoms with Crippen LogP contribution in [0.15, 0.2) is 24.3 Å². The van der Waals surface area contributed by atoms with E-state index in [1.165, 1.54) is 13.8 Å². The van der Waals surface area contributed by atoms with Crippen LogP contribution in [0.25, 0.3) is 0 Å². The van der Waals surface area contributed by atoms with Gasteiger partial charge in [0.15, 0.2) is 23.6 Å². The maximum absolute atomic E-state index is 12.4. The second-order valence-corrected chi connectivity index (χ2v) is 8.62. The van der Waals surface area contributed by atoms with Gasteiger partial charge in [0.25, 0.3) is 5.92 Å². The molecule has 2 N–H and O–H groups in total. The minimum atomic E-state index is -4.33. The molecule has 0 aliphatic heterocycles. The van der Waals surface area contributed by atoms with Gasteiger partial charge in [0.2, 0.25) is 5.92 Å². The van der Waals surface area contributed by atoms with Crippen LogP contribution in [0.3, 0.4) is 0 Å². The van der Waals surface area contributed by atoms with E-state index in [0.717, 1.165) is 13.8 Å². The Labute approximate surface area is 269 Å². The van der Waals surface area contributed by atoms with Crippen LogP contribution in [0.2, 0.25) is 0 Å².